The van der Waals surface area contributed by atoms with Crippen LogP contribution in [0.1, 0.15) is 34.8 Å². The molecule has 0 spiro atoms. The van der Waals surface area contributed by atoms with E-state index in [9.17, 15) is 14.9 Å². The molecule has 2 aromatic carbocycles. The van der Waals surface area contributed by atoms with E-state index >= 15 is 0 Å². The molecular formula is C19H19Cl2N3O3. The summed E-state index contributed by atoms with van der Waals surface area (Å²) in [6, 6.07) is 11.5. The maximum absolute atomic E-state index is 12.6. The maximum atomic E-state index is 12.6. The third kappa shape index (κ3) is 4.58. The Morgan fingerprint density at radius 1 is 1.19 bits per heavy atom. The average Bonchev–Trinajstić information content (AvgIpc) is 3.17. The van der Waals surface area contributed by atoms with Crippen molar-refractivity contribution in [2.75, 3.05) is 19.6 Å². The van der Waals surface area contributed by atoms with E-state index in [4.69, 9.17) is 23.2 Å². The molecule has 0 aliphatic carbocycles. The van der Waals surface area contributed by atoms with E-state index in [-0.39, 0.29) is 22.3 Å². The molecule has 1 fully saturated rings. The number of carbonyl (C=O) groups excluding carboxylic acids is 1. The molecule has 3 rings (SSSR count). The van der Waals surface area contributed by atoms with Gasteiger partial charge in [-0.05, 0) is 49.7 Å². The molecule has 1 atom stereocenters. The molecule has 1 saturated heterocycles. The highest BCUT2D eigenvalue weighted by Crippen LogP contribution is 2.30. The summed E-state index contributed by atoms with van der Waals surface area (Å²) in [5.41, 5.74) is 0.617. The number of carbonyl (C=O) groups is 1. The summed E-state index contributed by atoms with van der Waals surface area (Å²) < 4.78 is 0. The Morgan fingerprint density at radius 3 is 2.56 bits per heavy atom. The Bertz CT molecular complexity index is 854. The minimum Gasteiger partial charge on any atom is -0.350 e. The summed E-state index contributed by atoms with van der Waals surface area (Å²) in [5, 5.41) is 14.9. The van der Waals surface area contributed by atoms with E-state index in [1.54, 1.807) is 0 Å². The second-order valence-electron chi connectivity index (χ2n) is 6.41. The molecule has 1 aliphatic rings. The first-order chi connectivity index (χ1) is 13.0. The zero-order valence-corrected chi connectivity index (χ0v) is 16.0. The van der Waals surface area contributed by atoms with Crippen LogP contribution in [0.15, 0.2) is 42.5 Å². The highest BCUT2D eigenvalue weighted by atomic mass is 35.5. The lowest BCUT2D eigenvalue weighted by Gasteiger charge is -2.29. The molecular weight excluding hydrogens is 389 g/mol. The van der Waals surface area contributed by atoms with E-state index in [2.05, 4.69) is 10.2 Å². The molecule has 0 bridgehead atoms. The molecule has 0 radical (unpaired) electrons. The first-order valence-electron chi connectivity index (χ1n) is 8.68. The van der Waals surface area contributed by atoms with Crippen LogP contribution in [-0.4, -0.2) is 35.4 Å². The number of nitrogens with one attached hydrogen (secondary N) is 1. The van der Waals surface area contributed by atoms with Gasteiger partial charge in [0.1, 0.15) is 5.56 Å². The molecule has 6 nitrogen and oxygen atoms in total. The van der Waals surface area contributed by atoms with Crippen LogP contribution in [0.25, 0.3) is 0 Å². The number of rotatable bonds is 6. The van der Waals surface area contributed by atoms with Gasteiger partial charge in [0.05, 0.1) is 11.0 Å². The lowest BCUT2D eigenvalue weighted by Crippen LogP contribution is -2.37. The van der Waals surface area contributed by atoms with Gasteiger partial charge in [0.15, 0.2) is 0 Å². The summed E-state index contributed by atoms with van der Waals surface area (Å²) in [4.78, 5) is 25.5. The van der Waals surface area contributed by atoms with Gasteiger partial charge in [0.2, 0.25) is 0 Å². The largest absolute Gasteiger partial charge is 0.350 e. The zero-order valence-electron chi connectivity index (χ0n) is 14.5. The lowest BCUT2D eigenvalue weighted by molar-refractivity contribution is -0.385. The maximum Gasteiger partial charge on any atom is 0.283 e. The number of likely N-dealkylation sites (tertiary alicyclic amines) is 1. The molecule has 142 valence electrons. The summed E-state index contributed by atoms with van der Waals surface area (Å²) in [6.07, 6.45) is 2.19. The minimum absolute atomic E-state index is 0.0104. The zero-order chi connectivity index (χ0) is 19.4. The third-order valence-electron chi connectivity index (χ3n) is 4.70. The van der Waals surface area contributed by atoms with Gasteiger partial charge >= 0.3 is 0 Å². The predicted octanol–water partition coefficient (Wildman–Crippen LogP) is 4.47. The van der Waals surface area contributed by atoms with Crippen LogP contribution in [0.3, 0.4) is 0 Å². The number of halogens is 2. The minimum atomic E-state index is -0.604. The van der Waals surface area contributed by atoms with Crippen LogP contribution >= 0.6 is 23.2 Å². The Kier molecular flexibility index (Phi) is 6.31. The number of nitro benzene ring substituents is 1. The van der Waals surface area contributed by atoms with Crippen LogP contribution in [0.5, 0.6) is 0 Å². The van der Waals surface area contributed by atoms with E-state index in [1.807, 2.05) is 24.3 Å². The molecule has 2 aromatic rings. The number of hydrogen-bond donors (Lipinski definition) is 1. The summed E-state index contributed by atoms with van der Waals surface area (Å²) in [5.74, 6) is -0.505. The number of hydrogen-bond acceptors (Lipinski definition) is 4. The fraction of sp³-hybridized carbons (Fsp3) is 0.316. The van der Waals surface area contributed by atoms with Crippen molar-refractivity contribution in [1.29, 1.82) is 0 Å². The SMILES string of the molecule is O=C(NCC(c1ccccc1Cl)N1CCCC1)c1ccc(Cl)cc1[N+](=O)[O-]. The van der Waals surface area contributed by atoms with Crippen LogP contribution in [0.4, 0.5) is 5.69 Å². The molecule has 8 heteroatoms. The van der Waals surface area contributed by atoms with Crippen LogP contribution in [-0.2, 0) is 0 Å². The van der Waals surface area contributed by atoms with Crippen LogP contribution < -0.4 is 5.32 Å². The molecule has 1 N–H and O–H groups in total. The first-order valence-corrected chi connectivity index (χ1v) is 9.43. The van der Waals surface area contributed by atoms with Crippen molar-refractivity contribution in [2.45, 2.75) is 18.9 Å². The monoisotopic (exact) mass is 407 g/mol. The first kappa shape index (κ1) is 19.6. The summed E-state index contributed by atoms with van der Waals surface area (Å²) in [7, 11) is 0. The average molecular weight is 408 g/mol. The molecule has 0 saturated carbocycles. The summed E-state index contributed by atoms with van der Waals surface area (Å²) in [6.45, 7) is 2.15. The molecule has 1 unspecified atom stereocenters. The van der Waals surface area contributed by atoms with Gasteiger partial charge < -0.3 is 5.32 Å². The Hall–Kier alpha value is -2.15. The number of nitrogens with zero attached hydrogens (tertiary/aromatic N) is 2. The topological polar surface area (TPSA) is 75.5 Å². The fourth-order valence-electron chi connectivity index (χ4n) is 3.37. The molecule has 1 heterocycles. The molecule has 27 heavy (non-hydrogen) atoms. The second kappa shape index (κ2) is 8.69. The molecule has 1 amide bonds. The van der Waals surface area contributed by atoms with Crippen molar-refractivity contribution in [3.63, 3.8) is 0 Å². The highest BCUT2D eigenvalue weighted by molar-refractivity contribution is 6.31. The van der Waals surface area contributed by atoms with Crippen LogP contribution in [0, 0.1) is 10.1 Å². The van der Waals surface area contributed by atoms with Gasteiger partial charge in [0.25, 0.3) is 11.6 Å². The van der Waals surface area contributed by atoms with Crippen LogP contribution in [0.2, 0.25) is 10.0 Å². The number of nitro groups is 1. The van der Waals surface area contributed by atoms with Gasteiger partial charge in [-0.3, -0.25) is 19.8 Å². The Morgan fingerprint density at radius 2 is 1.89 bits per heavy atom. The van der Waals surface area contributed by atoms with Gasteiger partial charge in [-0.2, -0.15) is 0 Å². The lowest BCUT2D eigenvalue weighted by atomic mass is 10.0. The van der Waals surface area contributed by atoms with E-state index in [0.717, 1.165) is 31.5 Å². The van der Waals surface area contributed by atoms with Crippen molar-refractivity contribution in [3.8, 4) is 0 Å². The van der Waals surface area contributed by atoms with E-state index in [1.165, 1.54) is 18.2 Å². The number of amides is 1. The standard InChI is InChI=1S/C19H19Cl2N3O3/c20-13-7-8-15(17(11-13)24(26)27)19(25)22-12-18(23-9-3-4-10-23)14-5-1-2-6-16(14)21/h1-2,5-8,11,18H,3-4,9-10,12H2,(H,22,25). The fourth-order valence-corrected chi connectivity index (χ4v) is 3.79. The smallest absolute Gasteiger partial charge is 0.283 e. The second-order valence-corrected chi connectivity index (χ2v) is 7.25. The van der Waals surface area contributed by atoms with Crippen molar-refractivity contribution in [3.05, 3.63) is 73.8 Å². The quantitative estimate of drug-likeness (QED) is 0.565. The predicted molar refractivity (Wildman–Crippen MR) is 105 cm³/mol. The highest BCUT2D eigenvalue weighted by Gasteiger charge is 2.27. The number of benzene rings is 2. The Labute approximate surface area is 167 Å². The van der Waals surface area contributed by atoms with Crippen molar-refractivity contribution in [2.24, 2.45) is 0 Å². The van der Waals surface area contributed by atoms with Crippen molar-refractivity contribution >= 4 is 34.8 Å². The van der Waals surface area contributed by atoms with Crippen molar-refractivity contribution in [1.82, 2.24) is 10.2 Å². The van der Waals surface area contributed by atoms with Gasteiger partial charge in [-0.25, -0.2) is 0 Å². The van der Waals surface area contributed by atoms with Gasteiger partial charge in [0, 0.05) is 22.7 Å². The molecule has 0 aromatic heterocycles. The third-order valence-corrected chi connectivity index (χ3v) is 5.28. The van der Waals surface area contributed by atoms with E-state index < -0.39 is 10.8 Å². The molecule has 1 aliphatic heterocycles. The van der Waals surface area contributed by atoms with Crippen molar-refractivity contribution < 1.29 is 9.72 Å². The normalized spacial score (nSPS) is 15.5. The van der Waals surface area contributed by atoms with Gasteiger partial charge in [-0.1, -0.05) is 41.4 Å². The summed E-state index contributed by atoms with van der Waals surface area (Å²) >= 11 is 12.2. The Balaban J connectivity index is 1.81. The van der Waals surface area contributed by atoms with Gasteiger partial charge in [-0.15, -0.1) is 0 Å². The van der Waals surface area contributed by atoms with E-state index in [0.29, 0.717) is 11.6 Å².